The Hall–Kier alpha value is -1.06. The molecule has 1 amide bonds. The number of carbonyl (C=O) groups excluding carboxylic acids is 2. The van der Waals surface area contributed by atoms with Crippen molar-refractivity contribution in [2.75, 3.05) is 0 Å². The minimum Gasteiger partial charge on any atom is -0.444 e. The van der Waals surface area contributed by atoms with Crippen molar-refractivity contribution < 1.29 is 14.3 Å². The molecule has 0 bridgehead atoms. The molecule has 1 rings (SSSR count). The highest BCUT2D eigenvalue weighted by molar-refractivity contribution is 5.79. The molecule has 1 fully saturated rings. The van der Waals surface area contributed by atoms with Crippen LogP contribution < -0.4 is 5.32 Å². The highest BCUT2D eigenvalue weighted by atomic mass is 16.6. The molecular weight excluding hydrogens is 218 g/mol. The van der Waals surface area contributed by atoms with E-state index in [9.17, 15) is 9.59 Å². The molecular formula is C13H25NO3. The van der Waals surface area contributed by atoms with Crippen molar-refractivity contribution in [2.45, 2.75) is 71.9 Å². The van der Waals surface area contributed by atoms with Crippen LogP contribution in [0.2, 0.25) is 0 Å². The minimum atomic E-state index is -0.464. The van der Waals surface area contributed by atoms with E-state index in [4.69, 9.17) is 4.74 Å². The second kappa shape index (κ2) is 7.30. The van der Waals surface area contributed by atoms with Crippen LogP contribution in [0.5, 0.6) is 0 Å². The molecule has 0 aromatic heterocycles. The first-order chi connectivity index (χ1) is 7.87. The van der Waals surface area contributed by atoms with Crippen molar-refractivity contribution >= 4 is 11.9 Å². The van der Waals surface area contributed by atoms with Gasteiger partial charge in [-0.15, -0.1) is 0 Å². The molecule has 17 heavy (non-hydrogen) atoms. The summed E-state index contributed by atoms with van der Waals surface area (Å²) in [6.07, 6.45) is 2.22. The lowest BCUT2D eigenvalue weighted by molar-refractivity contribution is -0.120. The third-order valence-electron chi connectivity index (χ3n) is 2.26. The topological polar surface area (TPSA) is 55.4 Å². The third kappa shape index (κ3) is 7.77. The van der Waals surface area contributed by atoms with Crippen molar-refractivity contribution in [3.05, 3.63) is 0 Å². The largest absolute Gasteiger partial charge is 0.444 e. The molecule has 0 saturated heterocycles. The van der Waals surface area contributed by atoms with Gasteiger partial charge < -0.3 is 10.1 Å². The number of Topliss-reactive ketones (excluding diaryl/α,β-unsaturated/α-hetero) is 1. The smallest absolute Gasteiger partial charge is 0.407 e. The Kier molecular flexibility index (Phi) is 6.85. The van der Waals surface area contributed by atoms with Gasteiger partial charge in [0.1, 0.15) is 11.4 Å². The molecule has 0 radical (unpaired) electrons. The molecule has 0 heterocycles. The average Bonchev–Trinajstić information content (AvgIpc) is 2.22. The fourth-order valence-corrected chi connectivity index (χ4v) is 1.56. The summed E-state index contributed by atoms with van der Waals surface area (Å²) in [7, 11) is 0. The van der Waals surface area contributed by atoms with Gasteiger partial charge in [0.05, 0.1) is 0 Å². The highest BCUT2D eigenvalue weighted by Gasteiger charge is 2.23. The first-order valence-electron chi connectivity index (χ1n) is 6.38. The van der Waals surface area contributed by atoms with Crippen LogP contribution in [0, 0.1) is 0 Å². The summed E-state index contributed by atoms with van der Waals surface area (Å²) < 4.78 is 5.13. The lowest BCUT2D eigenvalue weighted by atomic mass is 9.95. The number of hydrogen-bond donors (Lipinski definition) is 1. The molecule has 4 heteroatoms. The number of hydrogen-bond acceptors (Lipinski definition) is 3. The third-order valence-corrected chi connectivity index (χ3v) is 2.26. The molecule has 1 aliphatic rings. The Balaban J connectivity index is 0.00000121. The number of ether oxygens (including phenoxy) is 1. The summed E-state index contributed by atoms with van der Waals surface area (Å²) in [5.74, 6) is 0.289. The predicted molar refractivity (Wildman–Crippen MR) is 68.0 cm³/mol. The molecule has 1 N–H and O–H groups in total. The molecule has 4 nitrogen and oxygen atoms in total. The molecule has 0 atom stereocenters. The van der Waals surface area contributed by atoms with E-state index < -0.39 is 5.60 Å². The first kappa shape index (κ1) is 15.9. The van der Waals surface area contributed by atoms with E-state index in [1.54, 1.807) is 0 Å². The lowest BCUT2D eigenvalue weighted by Crippen LogP contribution is -2.40. The lowest BCUT2D eigenvalue weighted by Gasteiger charge is -2.25. The van der Waals surface area contributed by atoms with Crippen molar-refractivity contribution in [3.63, 3.8) is 0 Å². The van der Waals surface area contributed by atoms with Crippen LogP contribution in [-0.4, -0.2) is 23.5 Å². The van der Waals surface area contributed by atoms with Gasteiger partial charge >= 0.3 is 6.09 Å². The SMILES string of the molecule is CC.CC(C)(C)OC(=O)NC1CCC(=O)CC1. The van der Waals surface area contributed by atoms with Crippen LogP contribution in [0.1, 0.15) is 60.3 Å². The number of carbonyl (C=O) groups is 2. The highest BCUT2D eigenvalue weighted by Crippen LogP contribution is 2.15. The van der Waals surface area contributed by atoms with E-state index in [2.05, 4.69) is 5.32 Å². The van der Waals surface area contributed by atoms with E-state index in [-0.39, 0.29) is 17.9 Å². The fraction of sp³-hybridized carbons (Fsp3) is 0.846. The molecule has 0 aliphatic heterocycles. The van der Waals surface area contributed by atoms with Crippen LogP contribution in [-0.2, 0) is 9.53 Å². The van der Waals surface area contributed by atoms with Crippen LogP contribution >= 0.6 is 0 Å². The van der Waals surface area contributed by atoms with Crippen LogP contribution in [0.4, 0.5) is 4.79 Å². The van der Waals surface area contributed by atoms with Crippen molar-refractivity contribution in [1.82, 2.24) is 5.32 Å². The predicted octanol–water partition coefficient (Wildman–Crippen LogP) is 3.05. The molecule has 1 saturated carbocycles. The number of rotatable bonds is 1. The van der Waals surface area contributed by atoms with E-state index in [1.807, 2.05) is 34.6 Å². The average molecular weight is 243 g/mol. The standard InChI is InChI=1S/C11H19NO3.C2H6/c1-11(2,3)15-10(14)12-8-4-6-9(13)7-5-8;1-2/h8H,4-7H2,1-3H3,(H,12,14);1-2H3. The van der Waals surface area contributed by atoms with Gasteiger partial charge in [-0.2, -0.15) is 0 Å². The van der Waals surface area contributed by atoms with E-state index in [0.717, 1.165) is 12.8 Å². The Bertz CT molecular complexity index is 246. The minimum absolute atomic E-state index is 0.0950. The molecule has 0 unspecified atom stereocenters. The van der Waals surface area contributed by atoms with Crippen molar-refractivity contribution in [3.8, 4) is 0 Å². The number of alkyl carbamates (subject to hydrolysis) is 1. The summed E-state index contributed by atoms with van der Waals surface area (Å²) in [5, 5.41) is 2.78. The maximum Gasteiger partial charge on any atom is 0.407 e. The normalized spacial score (nSPS) is 16.9. The van der Waals surface area contributed by atoms with Gasteiger partial charge in [-0.3, -0.25) is 4.79 Å². The monoisotopic (exact) mass is 243 g/mol. The molecule has 0 spiro atoms. The number of nitrogens with one attached hydrogen (secondary N) is 1. The van der Waals surface area contributed by atoms with Crippen LogP contribution in [0.15, 0.2) is 0 Å². The molecule has 100 valence electrons. The second-order valence-corrected chi connectivity index (χ2v) is 4.96. The summed E-state index contributed by atoms with van der Waals surface area (Å²) in [4.78, 5) is 22.4. The van der Waals surface area contributed by atoms with Gasteiger partial charge in [-0.25, -0.2) is 4.79 Å². The summed E-state index contributed by atoms with van der Waals surface area (Å²) in [5.41, 5.74) is -0.464. The second-order valence-electron chi connectivity index (χ2n) is 4.96. The zero-order valence-corrected chi connectivity index (χ0v) is 11.6. The Labute approximate surface area is 104 Å². The first-order valence-corrected chi connectivity index (χ1v) is 6.38. The fourth-order valence-electron chi connectivity index (χ4n) is 1.56. The van der Waals surface area contributed by atoms with Gasteiger partial charge in [0.2, 0.25) is 0 Å². The van der Waals surface area contributed by atoms with Crippen molar-refractivity contribution in [1.29, 1.82) is 0 Å². The maximum atomic E-state index is 11.4. The Morgan fingerprint density at radius 3 is 2.12 bits per heavy atom. The van der Waals surface area contributed by atoms with E-state index in [1.165, 1.54) is 0 Å². The van der Waals surface area contributed by atoms with E-state index >= 15 is 0 Å². The zero-order chi connectivity index (χ0) is 13.5. The van der Waals surface area contributed by atoms with Gasteiger partial charge in [0.25, 0.3) is 0 Å². The van der Waals surface area contributed by atoms with Gasteiger partial charge in [-0.05, 0) is 33.6 Å². The van der Waals surface area contributed by atoms with Gasteiger partial charge in [-0.1, -0.05) is 13.8 Å². The quantitative estimate of drug-likeness (QED) is 0.770. The van der Waals surface area contributed by atoms with Crippen molar-refractivity contribution in [2.24, 2.45) is 0 Å². The number of amides is 1. The summed E-state index contributed by atoms with van der Waals surface area (Å²) in [6.45, 7) is 9.49. The molecule has 0 aromatic carbocycles. The van der Waals surface area contributed by atoms with Crippen LogP contribution in [0.25, 0.3) is 0 Å². The molecule has 0 aromatic rings. The summed E-state index contributed by atoms with van der Waals surface area (Å²) >= 11 is 0. The maximum absolute atomic E-state index is 11.4. The zero-order valence-electron chi connectivity index (χ0n) is 11.6. The summed E-state index contributed by atoms with van der Waals surface area (Å²) in [6, 6.07) is 0.0950. The van der Waals surface area contributed by atoms with Gasteiger partial charge in [0.15, 0.2) is 0 Å². The van der Waals surface area contributed by atoms with Gasteiger partial charge in [0, 0.05) is 18.9 Å². The van der Waals surface area contributed by atoms with Crippen LogP contribution in [0.3, 0.4) is 0 Å². The Morgan fingerprint density at radius 2 is 1.71 bits per heavy atom. The Morgan fingerprint density at radius 1 is 1.24 bits per heavy atom. The number of ketones is 1. The van der Waals surface area contributed by atoms with E-state index in [0.29, 0.717) is 12.8 Å². The molecule has 1 aliphatic carbocycles.